The topological polar surface area (TPSA) is 63.0 Å². The number of hydrogen-bond donors (Lipinski definition) is 0. The van der Waals surface area contributed by atoms with E-state index in [0.717, 1.165) is 0 Å². The minimum atomic E-state index is 0. The van der Waals surface area contributed by atoms with Crippen molar-refractivity contribution in [1.82, 2.24) is 0 Å². The molecule has 6 heteroatoms. The number of halogens is 3. The zero-order valence-corrected chi connectivity index (χ0v) is 6.49. The second kappa shape index (κ2) is 94.1. The van der Waals surface area contributed by atoms with Crippen LogP contribution in [0.3, 0.4) is 0 Å². The molecule has 0 aromatic heterocycles. The van der Waals surface area contributed by atoms with Crippen LogP contribution in [0.2, 0.25) is 0 Å². The third kappa shape index (κ3) is 52.8. The number of rotatable bonds is 0. The second-order valence-electron chi connectivity index (χ2n) is 0. The Balaban J connectivity index is 0. The Morgan fingerprint density at radius 2 is 0.500 bits per heavy atom. The summed E-state index contributed by atoms with van der Waals surface area (Å²) < 4.78 is 0. The Hall–Kier alpha value is 1.41. The average molecular weight is 243 g/mol. The fraction of sp³-hybridized carbons (Fsp3) is 0. The molecule has 2 nitrogen and oxygen atoms in total. The van der Waals surface area contributed by atoms with Crippen LogP contribution < -0.4 is 37.2 Å². The van der Waals surface area contributed by atoms with E-state index in [0.29, 0.717) is 0 Å². The molecule has 0 saturated heterocycles. The maximum atomic E-state index is 0. The van der Waals surface area contributed by atoms with Crippen molar-refractivity contribution in [3.05, 3.63) is 0 Å². The van der Waals surface area contributed by atoms with Gasteiger partial charge in [0.05, 0.1) is 0 Å². The molecule has 0 fully saturated rings. The first-order valence-electron chi connectivity index (χ1n) is 0. The summed E-state index contributed by atoms with van der Waals surface area (Å²) in [4.78, 5) is 0. The van der Waals surface area contributed by atoms with Gasteiger partial charge < -0.3 is 48.2 Å². The molecular weight excluding hydrogens is 239 g/mol. The van der Waals surface area contributed by atoms with Gasteiger partial charge >= 0.3 is 0 Å². The van der Waals surface area contributed by atoms with Gasteiger partial charge in [-0.15, -0.1) is 0 Å². The summed E-state index contributed by atoms with van der Waals surface area (Å²) in [5.41, 5.74) is 0. The van der Waals surface area contributed by atoms with Gasteiger partial charge in [0.25, 0.3) is 0 Å². The molecule has 0 saturated carbocycles. The van der Waals surface area contributed by atoms with Gasteiger partial charge in [0.1, 0.15) is 0 Å². The smallest absolute Gasteiger partial charge is 0 e. The molecule has 0 amide bonds. The third-order valence-corrected chi connectivity index (χ3v) is 0. The molecule has 0 aliphatic carbocycles. The second-order valence-corrected chi connectivity index (χ2v) is 0. The molecule has 0 aliphatic rings. The summed E-state index contributed by atoms with van der Waals surface area (Å²) in [6.45, 7) is 0. The van der Waals surface area contributed by atoms with E-state index in [1.165, 1.54) is 0 Å². The van der Waals surface area contributed by atoms with Gasteiger partial charge in [-0.1, -0.05) is 0 Å². The fourth-order valence-electron chi connectivity index (χ4n) is 0. The van der Waals surface area contributed by atoms with Gasteiger partial charge in [0.15, 0.2) is 0 Å². The Kier molecular flexibility index (Phi) is 2390. The molecule has 0 spiro atoms. The third-order valence-electron chi connectivity index (χ3n) is 0. The first-order valence-corrected chi connectivity index (χ1v) is 0. The molecule has 0 aromatic carbocycles. The monoisotopic (exact) mass is 243 g/mol. The Labute approximate surface area is 67.7 Å². The molecule has 0 aromatic rings. The van der Waals surface area contributed by atoms with Crippen LogP contribution in [0.5, 0.6) is 0 Å². The predicted octanol–water partition coefficient (Wildman–Crippen LogP) is -10.6. The standard InChI is InChI=1S/3ClH.2H2O.Ru/h3*1H;2*1H2;/p-3. The van der Waals surface area contributed by atoms with E-state index in [2.05, 4.69) is 0 Å². The van der Waals surface area contributed by atoms with E-state index >= 15 is 0 Å². The molecule has 4 N–H and O–H groups in total. The molecule has 48 valence electrons. The van der Waals surface area contributed by atoms with Crippen LogP contribution in [-0.2, 0) is 19.5 Å². The summed E-state index contributed by atoms with van der Waals surface area (Å²) in [6, 6.07) is 0. The first-order chi connectivity index (χ1) is 0. The average Bonchev–Trinajstić information content (AvgIpc) is 0. The predicted molar refractivity (Wildman–Crippen MR) is 7.23 cm³/mol. The van der Waals surface area contributed by atoms with Crippen molar-refractivity contribution in [2.24, 2.45) is 0 Å². The molecule has 0 aliphatic heterocycles. The number of hydrogen-bond acceptors (Lipinski definition) is 0. The van der Waals surface area contributed by atoms with E-state index < -0.39 is 0 Å². The van der Waals surface area contributed by atoms with Crippen molar-refractivity contribution in [1.29, 1.82) is 0 Å². The van der Waals surface area contributed by atoms with E-state index in [9.17, 15) is 0 Å². The fourth-order valence-corrected chi connectivity index (χ4v) is 0. The maximum absolute atomic E-state index is 0. The van der Waals surface area contributed by atoms with Crippen LogP contribution in [-0.4, -0.2) is 11.0 Å². The van der Waals surface area contributed by atoms with E-state index in [-0.39, 0.29) is 67.7 Å². The molecule has 0 radical (unpaired) electrons. The quantitative estimate of drug-likeness (QED) is 0.379. The SMILES string of the molecule is O.O.[Cl-].[Cl-].[Cl-].[Ru]. The van der Waals surface area contributed by atoms with Crippen LogP contribution in [0.1, 0.15) is 0 Å². The Morgan fingerprint density at radius 1 is 0.500 bits per heavy atom. The molecular formula is H4Cl3O2Ru-3. The summed E-state index contributed by atoms with van der Waals surface area (Å²) in [7, 11) is 0. The van der Waals surface area contributed by atoms with Gasteiger partial charge in [0.2, 0.25) is 0 Å². The molecule has 0 atom stereocenters. The van der Waals surface area contributed by atoms with Crippen LogP contribution in [0.4, 0.5) is 0 Å². The molecule has 0 unspecified atom stereocenters. The zero-order chi connectivity index (χ0) is 0. The van der Waals surface area contributed by atoms with Crippen molar-refractivity contribution < 1.29 is 67.7 Å². The van der Waals surface area contributed by atoms with Crippen LogP contribution in [0.25, 0.3) is 0 Å². The van der Waals surface area contributed by atoms with Gasteiger partial charge in [-0.2, -0.15) is 0 Å². The molecule has 0 rings (SSSR count). The van der Waals surface area contributed by atoms with Crippen molar-refractivity contribution in [3.8, 4) is 0 Å². The molecule has 0 heterocycles. The normalized spacial score (nSPS) is 0. The summed E-state index contributed by atoms with van der Waals surface area (Å²) in [5, 5.41) is 0. The van der Waals surface area contributed by atoms with Gasteiger partial charge in [-0.25, -0.2) is 0 Å². The van der Waals surface area contributed by atoms with Gasteiger partial charge in [-0.3, -0.25) is 0 Å². The van der Waals surface area contributed by atoms with Crippen LogP contribution in [0.15, 0.2) is 0 Å². The summed E-state index contributed by atoms with van der Waals surface area (Å²) in [6.07, 6.45) is 0. The van der Waals surface area contributed by atoms with Gasteiger partial charge in [0, 0.05) is 19.5 Å². The van der Waals surface area contributed by atoms with Crippen LogP contribution in [0, 0.1) is 0 Å². The Bertz CT molecular complexity index is 8.75. The van der Waals surface area contributed by atoms with E-state index in [1.54, 1.807) is 0 Å². The maximum Gasteiger partial charge on any atom is 0 e. The minimum Gasteiger partial charge on any atom is -1.00 e. The largest absolute Gasteiger partial charge is 1.00 e. The van der Waals surface area contributed by atoms with E-state index in [1.807, 2.05) is 0 Å². The zero-order valence-electron chi connectivity index (χ0n) is 2.49. The Morgan fingerprint density at radius 3 is 0.500 bits per heavy atom. The van der Waals surface area contributed by atoms with Crippen molar-refractivity contribution in [3.63, 3.8) is 0 Å². The van der Waals surface area contributed by atoms with Crippen LogP contribution >= 0.6 is 0 Å². The van der Waals surface area contributed by atoms with Crippen molar-refractivity contribution >= 4 is 0 Å². The summed E-state index contributed by atoms with van der Waals surface area (Å²) >= 11 is 0. The molecule has 0 bridgehead atoms. The molecule has 6 heavy (non-hydrogen) atoms. The van der Waals surface area contributed by atoms with Crippen molar-refractivity contribution in [2.45, 2.75) is 0 Å². The van der Waals surface area contributed by atoms with Gasteiger partial charge in [-0.05, 0) is 0 Å². The summed E-state index contributed by atoms with van der Waals surface area (Å²) in [5.74, 6) is 0. The van der Waals surface area contributed by atoms with Crippen molar-refractivity contribution in [2.75, 3.05) is 0 Å². The minimum absolute atomic E-state index is 0. The first kappa shape index (κ1) is 153. The van der Waals surface area contributed by atoms with E-state index in [4.69, 9.17) is 0 Å².